The summed E-state index contributed by atoms with van der Waals surface area (Å²) in [5, 5.41) is 32.1. The zero-order valence-electron chi connectivity index (χ0n) is 17.8. The first-order chi connectivity index (χ1) is 15.3. The lowest BCUT2D eigenvalue weighted by atomic mass is 9.95. The van der Waals surface area contributed by atoms with Crippen molar-refractivity contribution in [3.05, 3.63) is 69.3 Å². The highest BCUT2D eigenvalue weighted by Crippen LogP contribution is 2.42. The first kappa shape index (κ1) is 22.8. The number of methoxy groups -OCH3 is 1. The number of aliphatic hydroxyl groups excluding tert-OH is 1. The molecule has 2 N–H and O–H groups in total. The fraction of sp³-hybridized carbons (Fsp3) is 0.304. The summed E-state index contributed by atoms with van der Waals surface area (Å²) in [5.74, 6) is -1.97. The van der Waals surface area contributed by atoms with Crippen LogP contribution < -0.4 is 4.74 Å². The van der Waals surface area contributed by atoms with Gasteiger partial charge in [-0.05, 0) is 36.2 Å². The van der Waals surface area contributed by atoms with Crippen LogP contribution in [0.15, 0.2) is 48.0 Å². The van der Waals surface area contributed by atoms with E-state index in [-0.39, 0.29) is 28.3 Å². The van der Waals surface area contributed by atoms with E-state index in [2.05, 4.69) is 0 Å². The minimum Gasteiger partial charge on any atom is -0.507 e. The molecule has 1 heterocycles. The number of hydrogen-bond donors (Lipinski definition) is 2. The zero-order valence-corrected chi connectivity index (χ0v) is 17.8. The Balaban J connectivity index is 2.13. The lowest BCUT2D eigenvalue weighted by Crippen LogP contribution is -2.30. The van der Waals surface area contributed by atoms with E-state index in [0.717, 1.165) is 12.8 Å². The number of unbranched alkanes of at least 4 members (excludes halogenated alkanes) is 2. The van der Waals surface area contributed by atoms with Crippen LogP contribution in [0.2, 0.25) is 0 Å². The van der Waals surface area contributed by atoms with Gasteiger partial charge in [0.05, 0.1) is 23.6 Å². The maximum atomic E-state index is 12.9. The Bertz CT molecular complexity index is 1080. The van der Waals surface area contributed by atoms with Gasteiger partial charge in [0.25, 0.3) is 17.4 Å². The van der Waals surface area contributed by atoms with Gasteiger partial charge in [0.15, 0.2) is 11.5 Å². The van der Waals surface area contributed by atoms with E-state index in [1.54, 1.807) is 6.07 Å². The van der Waals surface area contributed by atoms with E-state index in [1.807, 2.05) is 6.92 Å². The zero-order chi connectivity index (χ0) is 23.4. The molecule has 1 saturated heterocycles. The number of ketones is 1. The maximum Gasteiger partial charge on any atom is 0.295 e. The van der Waals surface area contributed by atoms with Gasteiger partial charge >= 0.3 is 0 Å². The van der Waals surface area contributed by atoms with Crippen molar-refractivity contribution in [3.8, 4) is 11.5 Å². The standard InChI is InChI=1S/C23H24N2O7/c1-3-4-5-12-24-20(15-8-11-18(32-2)17(26)13-15)19(22(28)23(24)29)21(27)14-6-9-16(10-7-14)25(30)31/h6-11,13,20,26-27H,3-5,12H2,1-2H3/b21-19-. The molecule has 168 valence electrons. The lowest BCUT2D eigenvalue weighted by molar-refractivity contribution is -0.384. The number of nitro groups is 1. The summed E-state index contributed by atoms with van der Waals surface area (Å²) in [4.78, 5) is 37.5. The number of carbonyl (C=O) groups excluding carboxylic acids is 2. The first-order valence-corrected chi connectivity index (χ1v) is 10.2. The van der Waals surface area contributed by atoms with Crippen molar-refractivity contribution >= 4 is 23.1 Å². The third-order valence-electron chi connectivity index (χ3n) is 5.41. The quantitative estimate of drug-likeness (QED) is 0.159. The van der Waals surface area contributed by atoms with Gasteiger partial charge in [-0.15, -0.1) is 0 Å². The fourth-order valence-electron chi connectivity index (χ4n) is 3.76. The average molecular weight is 440 g/mol. The molecule has 0 spiro atoms. The number of nitrogens with zero attached hydrogens (tertiary/aromatic N) is 2. The van der Waals surface area contributed by atoms with Crippen LogP contribution in [-0.4, -0.2) is 45.4 Å². The summed E-state index contributed by atoms with van der Waals surface area (Å²) in [6.45, 7) is 2.31. The van der Waals surface area contributed by atoms with Crippen LogP contribution in [0, 0.1) is 10.1 Å². The Morgan fingerprint density at radius 3 is 2.41 bits per heavy atom. The number of benzene rings is 2. The number of rotatable bonds is 8. The normalized spacial score (nSPS) is 17.6. The Hall–Kier alpha value is -3.88. The van der Waals surface area contributed by atoms with Crippen molar-refractivity contribution in [2.45, 2.75) is 32.2 Å². The van der Waals surface area contributed by atoms with E-state index in [1.165, 1.54) is 48.4 Å². The summed E-state index contributed by atoms with van der Waals surface area (Å²) < 4.78 is 5.07. The number of amides is 1. The summed E-state index contributed by atoms with van der Waals surface area (Å²) in [7, 11) is 1.40. The molecule has 32 heavy (non-hydrogen) atoms. The number of carbonyl (C=O) groups is 2. The number of phenols is 1. The van der Waals surface area contributed by atoms with Crippen LogP contribution >= 0.6 is 0 Å². The minimum atomic E-state index is -0.918. The largest absolute Gasteiger partial charge is 0.507 e. The van der Waals surface area contributed by atoms with E-state index in [0.29, 0.717) is 18.5 Å². The van der Waals surface area contributed by atoms with Gasteiger partial charge < -0.3 is 19.8 Å². The molecule has 1 unspecified atom stereocenters. The summed E-state index contributed by atoms with van der Waals surface area (Å²) in [6, 6.07) is 8.67. The molecule has 1 aliphatic rings. The molecular weight excluding hydrogens is 416 g/mol. The van der Waals surface area contributed by atoms with Gasteiger partial charge in [-0.2, -0.15) is 0 Å². The van der Waals surface area contributed by atoms with Crippen molar-refractivity contribution in [3.63, 3.8) is 0 Å². The van der Waals surface area contributed by atoms with E-state index < -0.39 is 28.4 Å². The second-order valence-corrected chi connectivity index (χ2v) is 7.43. The third-order valence-corrected chi connectivity index (χ3v) is 5.41. The smallest absolute Gasteiger partial charge is 0.295 e. The van der Waals surface area contributed by atoms with Crippen molar-refractivity contribution in [2.24, 2.45) is 0 Å². The fourth-order valence-corrected chi connectivity index (χ4v) is 3.76. The molecule has 0 radical (unpaired) electrons. The number of aromatic hydroxyl groups is 1. The van der Waals surface area contributed by atoms with Gasteiger partial charge in [-0.1, -0.05) is 25.8 Å². The molecule has 2 aromatic rings. The molecular formula is C23H24N2O7. The van der Waals surface area contributed by atoms with Crippen LogP contribution in [-0.2, 0) is 9.59 Å². The maximum absolute atomic E-state index is 12.9. The molecule has 0 bridgehead atoms. The Morgan fingerprint density at radius 1 is 1.16 bits per heavy atom. The Labute approximate surface area is 184 Å². The highest BCUT2D eigenvalue weighted by Gasteiger charge is 2.46. The second-order valence-electron chi connectivity index (χ2n) is 7.43. The number of likely N-dealkylation sites (tertiary alicyclic amines) is 1. The van der Waals surface area contributed by atoms with E-state index in [4.69, 9.17) is 4.74 Å². The number of ether oxygens (including phenoxy) is 1. The number of aliphatic hydroxyl groups is 1. The molecule has 0 aliphatic carbocycles. The third kappa shape index (κ3) is 4.27. The SMILES string of the molecule is CCCCCN1C(=O)C(=O)/C(=C(\O)c2ccc([N+](=O)[O-])cc2)C1c1ccc(OC)c(O)c1. The topological polar surface area (TPSA) is 130 Å². The predicted molar refractivity (Wildman–Crippen MR) is 116 cm³/mol. The van der Waals surface area contributed by atoms with Crippen molar-refractivity contribution in [1.82, 2.24) is 4.90 Å². The summed E-state index contributed by atoms with van der Waals surface area (Å²) in [6.07, 6.45) is 2.44. The highest BCUT2D eigenvalue weighted by atomic mass is 16.6. The van der Waals surface area contributed by atoms with Crippen LogP contribution in [0.25, 0.3) is 5.76 Å². The molecule has 9 nitrogen and oxygen atoms in total. The number of hydrogen-bond acceptors (Lipinski definition) is 7. The Kier molecular flexibility index (Phi) is 6.77. The van der Waals surface area contributed by atoms with E-state index >= 15 is 0 Å². The second kappa shape index (κ2) is 9.51. The summed E-state index contributed by atoms with van der Waals surface area (Å²) in [5.41, 5.74) is 0.301. The molecule has 1 aliphatic heterocycles. The van der Waals surface area contributed by atoms with E-state index in [9.17, 15) is 29.9 Å². The minimum absolute atomic E-state index is 0.134. The van der Waals surface area contributed by atoms with Crippen LogP contribution in [0.1, 0.15) is 43.4 Å². The average Bonchev–Trinajstić information content (AvgIpc) is 3.03. The number of non-ortho nitro benzene ring substituents is 1. The molecule has 1 fully saturated rings. The van der Waals surface area contributed by atoms with Crippen molar-refractivity contribution < 1.29 is 29.5 Å². The molecule has 3 rings (SSSR count). The number of Topliss-reactive ketones (excluding diaryl/α,β-unsaturated/α-hetero) is 1. The number of phenolic OH excluding ortho intramolecular Hbond substituents is 1. The predicted octanol–water partition coefficient (Wildman–Crippen LogP) is 3.92. The Morgan fingerprint density at radius 2 is 1.84 bits per heavy atom. The van der Waals surface area contributed by atoms with Crippen LogP contribution in [0.5, 0.6) is 11.5 Å². The number of nitro benzene ring substituents is 1. The van der Waals surface area contributed by atoms with Crippen molar-refractivity contribution in [2.75, 3.05) is 13.7 Å². The monoisotopic (exact) mass is 440 g/mol. The lowest BCUT2D eigenvalue weighted by Gasteiger charge is -2.25. The van der Waals surface area contributed by atoms with Crippen LogP contribution in [0.3, 0.4) is 0 Å². The highest BCUT2D eigenvalue weighted by molar-refractivity contribution is 6.46. The van der Waals surface area contributed by atoms with Gasteiger partial charge in [-0.25, -0.2) is 0 Å². The van der Waals surface area contributed by atoms with Crippen molar-refractivity contribution in [1.29, 1.82) is 0 Å². The first-order valence-electron chi connectivity index (χ1n) is 10.2. The molecule has 0 aromatic heterocycles. The molecule has 1 atom stereocenters. The summed E-state index contributed by atoms with van der Waals surface area (Å²) >= 11 is 0. The molecule has 1 amide bonds. The van der Waals surface area contributed by atoms with Gasteiger partial charge in [0.1, 0.15) is 5.76 Å². The molecule has 2 aromatic carbocycles. The molecule has 0 saturated carbocycles. The van der Waals surface area contributed by atoms with Gasteiger partial charge in [-0.3, -0.25) is 19.7 Å². The van der Waals surface area contributed by atoms with Crippen LogP contribution in [0.4, 0.5) is 5.69 Å². The van der Waals surface area contributed by atoms with Gasteiger partial charge in [0, 0.05) is 24.2 Å². The molecule has 9 heteroatoms. The van der Waals surface area contributed by atoms with Gasteiger partial charge in [0.2, 0.25) is 0 Å².